The molecule has 0 radical (unpaired) electrons. The first-order valence-corrected chi connectivity index (χ1v) is 10.7. The van der Waals surface area contributed by atoms with Crippen molar-refractivity contribution >= 4 is 11.9 Å². The molecule has 5 nitrogen and oxygen atoms in total. The minimum Gasteiger partial charge on any atom is -0.461 e. The van der Waals surface area contributed by atoms with Crippen LogP contribution in [0, 0.1) is 35.0 Å². The van der Waals surface area contributed by atoms with Crippen molar-refractivity contribution < 1.29 is 23.8 Å². The number of cyclic esters (lactones) is 1. The summed E-state index contributed by atoms with van der Waals surface area (Å²) in [5, 5.41) is 0. The van der Waals surface area contributed by atoms with Crippen LogP contribution in [0.25, 0.3) is 0 Å². The van der Waals surface area contributed by atoms with Gasteiger partial charge < -0.3 is 14.2 Å². The number of esters is 2. The van der Waals surface area contributed by atoms with Crippen LogP contribution in [-0.2, 0) is 23.8 Å². The topological polar surface area (TPSA) is 61.8 Å². The zero-order valence-corrected chi connectivity index (χ0v) is 16.4. The molecule has 3 fully saturated rings. The van der Waals surface area contributed by atoms with Crippen LogP contribution >= 0.6 is 0 Å². The molecule has 4 aliphatic carbocycles. The van der Waals surface area contributed by atoms with E-state index in [0.29, 0.717) is 17.4 Å². The first kappa shape index (κ1) is 16.9. The van der Waals surface area contributed by atoms with Crippen LogP contribution in [0.1, 0.15) is 46.0 Å². The van der Waals surface area contributed by atoms with Gasteiger partial charge in [0.15, 0.2) is 0 Å². The molecular formula is C23H26O5. The predicted octanol–water partition coefficient (Wildman–Crippen LogP) is 3.66. The van der Waals surface area contributed by atoms with Gasteiger partial charge in [0.1, 0.15) is 6.10 Å². The number of carbonyl (C=O) groups excluding carboxylic acids is 2. The molecule has 0 aromatic rings. The van der Waals surface area contributed by atoms with Crippen molar-refractivity contribution in [3.63, 3.8) is 0 Å². The van der Waals surface area contributed by atoms with Gasteiger partial charge in [-0.25, -0.2) is 4.79 Å². The Labute approximate surface area is 164 Å². The third kappa shape index (κ3) is 1.98. The highest BCUT2D eigenvalue weighted by atomic mass is 16.7. The summed E-state index contributed by atoms with van der Waals surface area (Å²) in [6.45, 7) is 4.24. The van der Waals surface area contributed by atoms with Crippen molar-refractivity contribution in [2.45, 2.75) is 58.3 Å². The van der Waals surface area contributed by atoms with Crippen molar-refractivity contribution in [1.82, 2.24) is 0 Å². The number of ether oxygens (including phenoxy) is 3. The average molecular weight is 382 g/mol. The smallest absolute Gasteiger partial charge is 0.338 e. The molecule has 0 aromatic heterocycles. The molecule has 0 spiro atoms. The molecule has 8 atom stereocenters. The number of allylic oxidation sites excluding steroid dienone is 3. The van der Waals surface area contributed by atoms with E-state index >= 15 is 0 Å². The molecule has 0 N–H and O–H groups in total. The minimum atomic E-state index is -0.611. The zero-order valence-electron chi connectivity index (χ0n) is 16.4. The van der Waals surface area contributed by atoms with E-state index in [1.807, 2.05) is 6.92 Å². The summed E-state index contributed by atoms with van der Waals surface area (Å²) < 4.78 is 17.4. The lowest BCUT2D eigenvalue weighted by Gasteiger charge is -2.28. The van der Waals surface area contributed by atoms with E-state index in [2.05, 4.69) is 19.1 Å². The van der Waals surface area contributed by atoms with Crippen molar-refractivity contribution in [3.05, 3.63) is 35.1 Å². The van der Waals surface area contributed by atoms with Gasteiger partial charge in [0.2, 0.25) is 6.29 Å². The van der Waals surface area contributed by atoms with Crippen molar-refractivity contribution in [1.29, 1.82) is 0 Å². The molecule has 0 amide bonds. The SMILES string of the molecule is C[C@H]1CCCC2=C1[C@H]1OC(=O)/C(=C/O[C@H]3OC(=O)[C@@]4(C)[C@@H]3[C@H]3C=C[C@@H]4C3)[C@H]1C2. The molecule has 2 bridgehead atoms. The highest BCUT2D eigenvalue weighted by Crippen LogP contribution is 2.61. The Morgan fingerprint density at radius 2 is 2.11 bits per heavy atom. The highest BCUT2D eigenvalue weighted by Gasteiger charge is 2.67. The predicted molar refractivity (Wildman–Crippen MR) is 99.4 cm³/mol. The summed E-state index contributed by atoms with van der Waals surface area (Å²) in [7, 11) is 0. The maximum absolute atomic E-state index is 12.6. The van der Waals surface area contributed by atoms with Crippen LogP contribution in [0.15, 0.2) is 35.1 Å². The molecule has 2 saturated heterocycles. The average Bonchev–Trinajstić information content (AvgIpc) is 3.42. The third-order valence-corrected chi connectivity index (χ3v) is 8.39. The van der Waals surface area contributed by atoms with Crippen LogP contribution in [0.3, 0.4) is 0 Å². The molecule has 2 heterocycles. The molecule has 0 aromatic carbocycles. The summed E-state index contributed by atoms with van der Waals surface area (Å²) >= 11 is 0. The number of fused-ring (bicyclic) bond motifs is 7. The summed E-state index contributed by atoms with van der Waals surface area (Å²) in [5.41, 5.74) is 2.94. The van der Waals surface area contributed by atoms with Gasteiger partial charge in [0.05, 0.1) is 23.2 Å². The maximum atomic E-state index is 12.6. The molecule has 6 rings (SSSR count). The van der Waals surface area contributed by atoms with Crippen LogP contribution in [0.4, 0.5) is 0 Å². The van der Waals surface area contributed by atoms with E-state index in [1.54, 1.807) is 6.26 Å². The van der Waals surface area contributed by atoms with Crippen molar-refractivity contribution in [2.75, 3.05) is 0 Å². The van der Waals surface area contributed by atoms with E-state index in [4.69, 9.17) is 14.2 Å². The largest absolute Gasteiger partial charge is 0.461 e. The quantitative estimate of drug-likeness (QED) is 0.316. The van der Waals surface area contributed by atoms with Gasteiger partial charge in [-0.05, 0) is 62.4 Å². The Bertz CT molecular complexity index is 866. The zero-order chi connectivity index (χ0) is 19.2. The molecule has 2 aliphatic heterocycles. The van der Waals surface area contributed by atoms with Gasteiger partial charge in [-0.1, -0.05) is 24.6 Å². The molecule has 28 heavy (non-hydrogen) atoms. The molecule has 0 unspecified atom stereocenters. The van der Waals surface area contributed by atoms with E-state index < -0.39 is 11.7 Å². The van der Waals surface area contributed by atoms with Crippen LogP contribution in [0.5, 0.6) is 0 Å². The standard InChI is InChI=1S/C23H26O5/c1-11-4-3-5-12-9-15-16(20(24)27-19(15)17(11)12)10-26-21-18-13-6-7-14(8-13)23(18,2)22(25)28-21/h6-7,10-11,13-15,18-19,21H,3-5,8-9H2,1-2H3/b16-10+/t11-,13-,14+,15+,18+,19-,21-,23+/m0/s1. The summed E-state index contributed by atoms with van der Waals surface area (Å²) in [6, 6.07) is 0. The summed E-state index contributed by atoms with van der Waals surface area (Å²) in [5.74, 6) is 0.676. The van der Waals surface area contributed by atoms with Crippen LogP contribution in [-0.4, -0.2) is 24.3 Å². The summed E-state index contributed by atoms with van der Waals surface area (Å²) in [4.78, 5) is 25.1. The molecular weight excluding hydrogens is 356 g/mol. The second kappa shape index (κ2) is 5.52. The fourth-order valence-corrected chi connectivity index (χ4v) is 6.91. The Morgan fingerprint density at radius 3 is 2.96 bits per heavy atom. The monoisotopic (exact) mass is 382 g/mol. The second-order valence-corrected chi connectivity index (χ2v) is 9.67. The summed E-state index contributed by atoms with van der Waals surface area (Å²) in [6.07, 6.45) is 10.6. The molecule has 1 saturated carbocycles. The molecule has 6 aliphatic rings. The second-order valence-electron chi connectivity index (χ2n) is 9.67. The first-order valence-electron chi connectivity index (χ1n) is 10.7. The van der Waals surface area contributed by atoms with E-state index in [-0.39, 0.29) is 35.8 Å². The first-order chi connectivity index (χ1) is 13.5. The minimum absolute atomic E-state index is 0.0231. The lowest BCUT2D eigenvalue weighted by Crippen LogP contribution is -2.35. The van der Waals surface area contributed by atoms with Crippen molar-refractivity contribution in [2.24, 2.45) is 35.0 Å². The number of hydrogen-bond acceptors (Lipinski definition) is 5. The Morgan fingerprint density at radius 1 is 1.25 bits per heavy atom. The fourth-order valence-electron chi connectivity index (χ4n) is 6.91. The molecule has 5 heteroatoms. The third-order valence-electron chi connectivity index (χ3n) is 8.39. The van der Waals surface area contributed by atoms with Gasteiger partial charge >= 0.3 is 11.9 Å². The van der Waals surface area contributed by atoms with E-state index in [0.717, 1.165) is 19.3 Å². The van der Waals surface area contributed by atoms with Crippen LogP contribution < -0.4 is 0 Å². The van der Waals surface area contributed by atoms with Gasteiger partial charge in [-0.15, -0.1) is 0 Å². The number of hydrogen-bond donors (Lipinski definition) is 0. The number of carbonyl (C=O) groups is 2. The highest BCUT2D eigenvalue weighted by molar-refractivity contribution is 5.92. The van der Waals surface area contributed by atoms with E-state index in [9.17, 15) is 9.59 Å². The Hall–Kier alpha value is -2.04. The van der Waals surface area contributed by atoms with Crippen LogP contribution in [0.2, 0.25) is 0 Å². The number of rotatable bonds is 2. The fraction of sp³-hybridized carbons (Fsp3) is 0.652. The Kier molecular flexibility index (Phi) is 3.33. The lowest BCUT2D eigenvalue weighted by molar-refractivity contribution is -0.161. The van der Waals surface area contributed by atoms with Gasteiger partial charge in [0, 0.05) is 5.92 Å². The van der Waals surface area contributed by atoms with Crippen molar-refractivity contribution in [3.8, 4) is 0 Å². The lowest BCUT2D eigenvalue weighted by atomic mass is 9.71. The normalized spacial score (nSPS) is 49.4. The Balaban J connectivity index is 1.25. The van der Waals surface area contributed by atoms with Gasteiger partial charge in [-0.2, -0.15) is 0 Å². The van der Waals surface area contributed by atoms with Gasteiger partial charge in [0.25, 0.3) is 0 Å². The van der Waals surface area contributed by atoms with E-state index in [1.165, 1.54) is 24.0 Å². The maximum Gasteiger partial charge on any atom is 0.338 e. The van der Waals surface area contributed by atoms with Gasteiger partial charge in [-0.3, -0.25) is 4.79 Å². The molecule has 148 valence electrons.